The van der Waals surface area contributed by atoms with Gasteiger partial charge >= 0.3 is 0 Å². The lowest BCUT2D eigenvalue weighted by molar-refractivity contribution is -0.181. The molecule has 5 rings (SSSR count). The molecule has 2 aromatic rings. The van der Waals surface area contributed by atoms with Crippen LogP contribution in [0.15, 0.2) is 36.4 Å². The summed E-state index contributed by atoms with van der Waals surface area (Å²) in [6.45, 7) is 0.365. The number of rotatable bonds is 4. The standard InChI is InChI=1S/C28H29N3O7/c1-31(2)22-17-10-14-9-16-15(13-5-3-12(11-29)4-6-13)7-8-18(32)20(16)23(33)19(14)25(35)28(17,38)26(36)21(24(22)34)27(30)37/h3-8,14,17,19,21-22,32,38H,9-11,29H2,1-2H3,(H2,30,37)/t14-,17-,19?,21?,22-,28-/m0/s1. The number of Topliss-reactive ketones (excluding diaryl/α,β-unsaturated/α-hetero) is 4. The molecular weight excluding hydrogens is 490 g/mol. The Morgan fingerprint density at radius 2 is 1.71 bits per heavy atom. The van der Waals surface area contributed by atoms with Crippen molar-refractivity contribution in [1.29, 1.82) is 0 Å². The average Bonchev–Trinajstić information content (AvgIpc) is 2.86. The fraction of sp³-hybridized carbons (Fsp3) is 0.393. The number of primary amides is 1. The van der Waals surface area contributed by atoms with E-state index < -0.39 is 64.4 Å². The first-order valence-corrected chi connectivity index (χ1v) is 12.4. The summed E-state index contributed by atoms with van der Waals surface area (Å²) in [6, 6.07) is 9.40. The molecule has 38 heavy (non-hydrogen) atoms. The van der Waals surface area contributed by atoms with Crippen LogP contribution in [-0.4, -0.2) is 69.9 Å². The van der Waals surface area contributed by atoms with Crippen LogP contribution in [0.2, 0.25) is 0 Å². The van der Waals surface area contributed by atoms with Crippen LogP contribution in [0.25, 0.3) is 11.1 Å². The zero-order chi connectivity index (χ0) is 27.7. The molecular formula is C28H29N3O7. The summed E-state index contributed by atoms with van der Waals surface area (Å²) < 4.78 is 0. The molecule has 0 heterocycles. The Morgan fingerprint density at radius 1 is 1.05 bits per heavy atom. The number of aromatic hydroxyl groups is 1. The van der Waals surface area contributed by atoms with E-state index in [2.05, 4.69) is 0 Å². The van der Waals surface area contributed by atoms with Crippen molar-refractivity contribution >= 4 is 29.0 Å². The lowest BCUT2D eigenvalue weighted by Crippen LogP contribution is -2.74. The van der Waals surface area contributed by atoms with Gasteiger partial charge in [0, 0.05) is 12.5 Å². The van der Waals surface area contributed by atoms with Gasteiger partial charge in [-0.3, -0.25) is 28.9 Å². The monoisotopic (exact) mass is 519 g/mol. The predicted molar refractivity (Wildman–Crippen MR) is 135 cm³/mol. The van der Waals surface area contributed by atoms with Gasteiger partial charge in [-0.2, -0.15) is 0 Å². The van der Waals surface area contributed by atoms with Gasteiger partial charge in [0.2, 0.25) is 5.91 Å². The number of hydrogen-bond acceptors (Lipinski definition) is 9. The Bertz CT molecular complexity index is 1400. The number of nitrogens with two attached hydrogens (primary N) is 2. The highest BCUT2D eigenvalue weighted by Gasteiger charge is 2.69. The first-order chi connectivity index (χ1) is 17.9. The van der Waals surface area contributed by atoms with Gasteiger partial charge in [0.15, 0.2) is 34.7 Å². The second-order valence-electron chi connectivity index (χ2n) is 10.7. The van der Waals surface area contributed by atoms with Gasteiger partial charge in [-0.25, -0.2) is 0 Å². The van der Waals surface area contributed by atoms with Crippen LogP contribution in [0.5, 0.6) is 5.75 Å². The van der Waals surface area contributed by atoms with E-state index in [4.69, 9.17) is 11.5 Å². The number of carbonyl (C=O) groups excluding carboxylic acids is 5. The van der Waals surface area contributed by atoms with Crippen molar-refractivity contribution < 1.29 is 34.2 Å². The number of amides is 1. The summed E-state index contributed by atoms with van der Waals surface area (Å²) in [7, 11) is 3.10. The molecule has 0 aliphatic heterocycles. The van der Waals surface area contributed by atoms with Crippen molar-refractivity contribution in [3.63, 3.8) is 0 Å². The van der Waals surface area contributed by atoms with Gasteiger partial charge in [-0.05, 0) is 61.2 Å². The number of nitrogens with zero attached hydrogens (tertiary/aromatic N) is 1. The quantitative estimate of drug-likeness (QED) is 0.404. The number of carbonyl (C=O) groups is 5. The highest BCUT2D eigenvalue weighted by Crippen LogP contribution is 2.51. The van der Waals surface area contributed by atoms with Crippen molar-refractivity contribution in [1.82, 2.24) is 4.90 Å². The van der Waals surface area contributed by atoms with Crippen LogP contribution < -0.4 is 11.5 Å². The zero-order valence-electron chi connectivity index (χ0n) is 21.0. The largest absolute Gasteiger partial charge is 0.507 e. The Kier molecular flexibility index (Phi) is 6.09. The molecule has 6 N–H and O–H groups in total. The van der Waals surface area contributed by atoms with Crippen molar-refractivity contribution in [3.05, 3.63) is 53.1 Å². The van der Waals surface area contributed by atoms with Gasteiger partial charge in [0.05, 0.1) is 17.5 Å². The Hall–Kier alpha value is -3.73. The summed E-state index contributed by atoms with van der Waals surface area (Å²) in [5, 5.41) is 22.3. The number of hydrogen-bond donors (Lipinski definition) is 4. The van der Waals surface area contributed by atoms with E-state index >= 15 is 0 Å². The lowest BCUT2D eigenvalue weighted by Gasteiger charge is -2.52. The van der Waals surface area contributed by atoms with Gasteiger partial charge in [-0.15, -0.1) is 0 Å². The second kappa shape index (κ2) is 8.93. The molecule has 6 atom stereocenters. The first kappa shape index (κ1) is 25.9. The molecule has 0 spiro atoms. The number of likely N-dealkylation sites (N-methyl/N-ethyl adjacent to an activating group) is 1. The van der Waals surface area contributed by atoms with E-state index in [9.17, 15) is 34.2 Å². The van der Waals surface area contributed by atoms with Crippen LogP contribution in [0.1, 0.15) is 27.9 Å². The Balaban J connectivity index is 1.64. The summed E-state index contributed by atoms with van der Waals surface area (Å²) in [6.07, 6.45) is 0.208. The van der Waals surface area contributed by atoms with Crippen LogP contribution in [0, 0.1) is 23.7 Å². The van der Waals surface area contributed by atoms with E-state index in [1.54, 1.807) is 20.2 Å². The maximum atomic E-state index is 13.9. The topological polar surface area (TPSA) is 181 Å². The van der Waals surface area contributed by atoms with Gasteiger partial charge in [-0.1, -0.05) is 30.3 Å². The molecule has 0 bridgehead atoms. The van der Waals surface area contributed by atoms with E-state index in [-0.39, 0.29) is 24.2 Å². The minimum atomic E-state index is -2.73. The smallest absolute Gasteiger partial charge is 0.235 e. The van der Waals surface area contributed by atoms with Crippen LogP contribution in [-0.2, 0) is 32.1 Å². The molecule has 10 nitrogen and oxygen atoms in total. The fourth-order valence-corrected chi connectivity index (χ4v) is 6.70. The molecule has 0 radical (unpaired) electrons. The molecule has 1 amide bonds. The van der Waals surface area contributed by atoms with Gasteiger partial charge in [0.25, 0.3) is 0 Å². The molecule has 3 aliphatic carbocycles. The number of phenols is 1. The lowest BCUT2D eigenvalue weighted by atomic mass is 9.52. The molecule has 3 aliphatic rings. The number of aliphatic hydroxyl groups is 1. The van der Waals surface area contributed by atoms with Crippen molar-refractivity contribution in [2.24, 2.45) is 35.1 Å². The van der Waals surface area contributed by atoms with E-state index in [0.29, 0.717) is 17.7 Å². The summed E-state index contributed by atoms with van der Waals surface area (Å²) >= 11 is 0. The summed E-state index contributed by atoms with van der Waals surface area (Å²) in [5.74, 6) is -10.6. The third kappa shape index (κ3) is 3.48. The summed E-state index contributed by atoms with van der Waals surface area (Å²) in [4.78, 5) is 67.7. The van der Waals surface area contributed by atoms with E-state index in [1.807, 2.05) is 24.3 Å². The minimum Gasteiger partial charge on any atom is -0.507 e. The van der Waals surface area contributed by atoms with E-state index in [1.165, 1.54) is 11.0 Å². The van der Waals surface area contributed by atoms with E-state index in [0.717, 1.165) is 11.1 Å². The molecule has 2 saturated carbocycles. The van der Waals surface area contributed by atoms with Crippen molar-refractivity contribution in [3.8, 4) is 16.9 Å². The Labute approximate surface area is 218 Å². The molecule has 10 heteroatoms. The first-order valence-electron chi connectivity index (χ1n) is 12.4. The van der Waals surface area contributed by atoms with Gasteiger partial charge < -0.3 is 21.7 Å². The highest BCUT2D eigenvalue weighted by molar-refractivity contribution is 6.32. The number of benzene rings is 2. The van der Waals surface area contributed by atoms with Crippen LogP contribution in [0.3, 0.4) is 0 Å². The van der Waals surface area contributed by atoms with Crippen molar-refractivity contribution in [2.45, 2.75) is 31.0 Å². The maximum absolute atomic E-state index is 13.9. The highest BCUT2D eigenvalue weighted by atomic mass is 16.3. The zero-order valence-corrected chi connectivity index (χ0v) is 21.0. The van der Waals surface area contributed by atoms with Crippen molar-refractivity contribution in [2.75, 3.05) is 14.1 Å². The maximum Gasteiger partial charge on any atom is 0.235 e. The minimum absolute atomic E-state index is 0.00506. The Morgan fingerprint density at radius 3 is 2.29 bits per heavy atom. The molecule has 2 fully saturated rings. The number of fused-ring (bicyclic) bond motifs is 3. The third-order valence-electron chi connectivity index (χ3n) is 8.45. The molecule has 198 valence electrons. The third-order valence-corrected chi connectivity index (χ3v) is 8.45. The molecule has 0 saturated heterocycles. The van der Waals surface area contributed by atoms with Crippen LogP contribution >= 0.6 is 0 Å². The molecule has 2 aromatic carbocycles. The normalized spacial score (nSPS) is 30.6. The summed E-state index contributed by atoms with van der Waals surface area (Å²) in [5.41, 5.74) is 11.3. The van der Waals surface area contributed by atoms with Gasteiger partial charge in [0.1, 0.15) is 5.75 Å². The molecule has 2 unspecified atom stereocenters. The SMILES string of the molecule is CN(C)[C@@H]1C(=O)C(C(N)=O)C(=O)[C@@]2(O)C(=O)C3C(=O)c4c(O)ccc(-c5ccc(CN)cc5)c4C[C@H]3C[C@@H]12. The second-order valence-corrected chi connectivity index (χ2v) is 10.7. The number of ketones is 4. The van der Waals surface area contributed by atoms with Crippen LogP contribution in [0.4, 0.5) is 0 Å². The predicted octanol–water partition coefficient (Wildman–Crippen LogP) is -0.00730. The fourth-order valence-electron chi connectivity index (χ4n) is 6.70. The molecule has 0 aromatic heterocycles. The average molecular weight is 520 g/mol. The number of phenolic OH excluding ortho intramolecular Hbond substituents is 1.